The number of hydrogen-bond donors (Lipinski definition) is 1. The van der Waals surface area contributed by atoms with E-state index in [1.54, 1.807) is 7.11 Å². The fourth-order valence-corrected chi connectivity index (χ4v) is 3.59. The van der Waals surface area contributed by atoms with Crippen LogP contribution in [-0.2, 0) is 31.9 Å². The molecule has 7 nitrogen and oxygen atoms in total. The number of aromatic amines is 1. The lowest BCUT2D eigenvalue weighted by Gasteiger charge is -2.28. The van der Waals surface area contributed by atoms with E-state index in [2.05, 4.69) is 4.98 Å². The van der Waals surface area contributed by atoms with E-state index in [9.17, 15) is 9.59 Å². The first-order valence-corrected chi connectivity index (χ1v) is 8.86. The van der Waals surface area contributed by atoms with Gasteiger partial charge in [0, 0.05) is 42.5 Å². The maximum absolute atomic E-state index is 12.6. The third-order valence-corrected chi connectivity index (χ3v) is 4.98. The lowest BCUT2D eigenvalue weighted by Crippen LogP contribution is -2.35. The first-order chi connectivity index (χ1) is 13.0. The lowest BCUT2D eigenvalue weighted by atomic mass is 9.96. The van der Waals surface area contributed by atoms with Gasteiger partial charge in [-0.05, 0) is 30.7 Å². The Hall–Kier alpha value is -2.96. The van der Waals surface area contributed by atoms with Crippen molar-refractivity contribution in [2.24, 2.45) is 0 Å². The Morgan fingerprint density at radius 2 is 1.89 bits per heavy atom. The van der Waals surface area contributed by atoms with Crippen molar-refractivity contribution in [3.8, 4) is 5.75 Å². The second-order valence-electron chi connectivity index (χ2n) is 6.31. The minimum absolute atomic E-state index is 0.273. The lowest BCUT2D eigenvalue weighted by molar-refractivity contribution is -0.141. The molecule has 0 amide bonds. The fraction of sp³-hybridized carbons (Fsp3) is 0.400. The summed E-state index contributed by atoms with van der Waals surface area (Å²) in [5, 5.41) is 0.972. The highest BCUT2D eigenvalue weighted by Gasteiger charge is 2.30. The van der Waals surface area contributed by atoms with Gasteiger partial charge < -0.3 is 24.1 Å². The van der Waals surface area contributed by atoms with Gasteiger partial charge in [-0.25, -0.2) is 9.59 Å². The van der Waals surface area contributed by atoms with Crippen molar-refractivity contribution < 1.29 is 23.8 Å². The first-order valence-electron chi connectivity index (χ1n) is 8.86. The summed E-state index contributed by atoms with van der Waals surface area (Å²) < 4.78 is 15.3. The van der Waals surface area contributed by atoms with Crippen molar-refractivity contribution in [3.63, 3.8) is 0 Å². The highest BCUT2D eigenvalue weighted by molar-refractivity contribution is 6.01. The summed E-state index contributed by atoms with van der Waals surface area (Å²) in [6.07, 6.45) is 0.991. The third-order valence-electron chi connectivity index (χ3n) is 4.98. The summed E-state index contributed by atoms with van der Waals surface area (Å²) in [7, 11) is 4.25. The Morgan fingerprint density at radius 1 is 1.15 bits per heavy atom. The number of fused-ring (bicyclic) bond motifs is 3. The second-order valence-corrected chi connectivity index (χ2v) is 6.31. The minimum atomic E-state index is -0.530. The number of H-pyrrole nitrogens is 1. The van der Waals surface area contributed by atoms with E-state index in [1.165, 1.54) is 14.2 Å². The van der Waals surface area contributed by atoms with Crippen LogP contribution in [0.25, 0.3) is 10.9 Å². The largest absolute Gasteiger partial charge is 0.497 e. The molecule has 1 N–H and O–H groups in total. The zero-order valence-electron chi connectivity index (χ0n) is 16.0. The van der Waals surface area contributed by atoms with Crippen molar-refractivity contribution in [3.05, 3.63) is 40.7 Å². The van der Waals surface area contributed by atoms with Crippen molar-refractivity contribution in [2.45, 2.75) is 19.8 Å². The molecule has 0 bridgehead atoms. The van der Waals surface area contributed by atoms with Gasteiger partial charge in [0.2, 0.25) is 0 Å². The Labute approximate surface area is 157 Å². The molecular formula is C20H24N2O5. The molecule has 1 aromatic carbocycles. The van der Waals surface area contributed by atoms with Crippen molar-refractivity contribution in [1.29, 1.82) is 0 Å². The van der Waals surface area contributed by atoms with E-state index in [-0.39, 0.29) is 12.1 Å². The molecule has 1 aliphatic rings. The number of methoxy groups -OCH3 is 3. The number of esters is 2. The number of ether oxygens (including phenoxy) is 3. The Morgan fingerprint density at radius 3 is 2.52 bits per heavy atom. The third kappa shape index (κ3) is 3.37. The SMILES string of the molecule is CCN1CCc2[nH]c3ccc(OC)cc3c2C/C(C(=O)OC)=C\1C(=O)OC. The highest BCUT2D eigenvalue weighted by atomic mass is 16.5. The highest BCUT2D eigenvalue weighted by Crippen LogP contribution is 2.32. The molecule has 1 aromatic heterocycles. The van der Waals surface area contributed by atoms with Gasteiger partial charge in [0.05, 0.1) is 26.9 Å². The molecule has 0 spiro atoms. The smallest absolute Gasteiger partial charge is 0.354 e. The number of likely N-dealkylation sites (N-methyl/N-ethyl adjacent to an activating group) is 1. The minimum Gasteiger partial charge on any atom is -0.497 e. The van der Waals surface area contributed by atoms with Crippen LogP contribution in [-0.4, -0.2) is 56.2 Å². The number of aromatic nitrogens is 1. The molecule has 0 radical (unpaired) electrons. The summed E-state index contributed by atoms with van der Waals surface area (Å²) in [6, 6.07) is 5.79. The quantitative estimate of drug-likeness (QED) is 0.829. The first kappa shape index (κ1) is 18.8. The van der Waals surface area contributed by atoms with Crippen LogP contribution < -0.4 is 4.74 Å². The van der Waals surface area contributed by atoms with Crippen molar-refractivity contribution in [2.75, 3.05) is 34.4 Å². The normalized spacial score (nSPS) is 17.1. The zero-order valence-corrected chi connectivity index (χ0v) is 16.0. The average molecular weight is 372 g/mol. The van der Waals surface area contributed by atoms with E-state index >= 15 is 0 Å². The predicted octanol–water partition coefficient (Wildman–Crippen LogP) is 2.20. The Kier molecular flexibility index (Phi) is 5.39. The molecule has 3 rings (SSSR count). The number of nitrogens with one attached hydrogen (secondary N) is 1. The van der Waals surface area contributed by atoms with Gasteiger partial charge in [0.15, 0.2) is 0 Å². The zero-order chi connectivity index (χ0) is 19.6. The summed E-state index contributed by atoms with van der Waals surface area (Å²) in [5.41, 5.74) is 3.56. The van der Waals surface area contributed by atoms with Gasteiger partial charge in [-0.1, -0.05) is 0 Å². The number of hydrogen-bond acceptors (Lipinski definition) is 6. The van der Waals surface area contributed by atoms with E-state index in [4.69, 9.17) is 14.2 Å². The maximum atomic E-state index is 12.6. The maximum Gasteiger partial charge on any atom is 0.354 e. The van der Waals surface area contributed by atoms with Gasteiger partial charge in [0.25, 0.3) is 0 Å². The van der Waals surface area contributed by atoms with E-state index in [1.807, 2.05) is 30.0 Å². The number of carbonyl (C=O) groups is 2. The predicted molar refractivity (Wildman–Crippen MR) is 101 cm³/mol. The van der Waals surface area contributed by atoms with Crippen LogP contribution >= 0.6 is 0 Å². The van der Waals surface area contributed by atoms with Crippen LogP contribution in [0.3, 0.4) is 0 Å². The van der Waals surface area contributed by atoms with Crippen LogP contribution in [0.15, 0.2) is 29.5 Å². The molecule has 0 aliphatic carbocycles. The van der Waals surface area contributed by atoms with Crippen molar-refractivity contribution in [1.82, 2.24) is 9.88 Å². The Balaban J connectivity index is 2.23. The van der Waals surface area contributed by atoms with Crippen LogP contribution in [0.2, 0.25) is 0 Å². The number of carbonyl (C=O) groups excluding carboxylic acids is 2. The summed E-state index contributed by atoms with van der Waals surface area (Å²) >= 11 is 0. The van der Waals surface area contributed by atoms with Gasteiger partial charge >= 0.3 is 11.9 Å². The summed E-state index contributed by atoms with van der Waals surface area (Å²) in [5.74, 6) is -0.324. The van der Waals surface area contributed by atoms with Gasteiger partial charge in [-0.15, -0.1) is 0 Å². The number of nitrogens with zero attached hydrogens (tertiary/aromatic N) is 1. The molecule has 0 saturated carbocycles. The molecule has 0 unspecified atom stereocenters. The van der Waals surface area contributed by atoms with E-state index in [0.29, 0.717) is 18.7 Å². The van der Waals surface area contributed by atoms with Crippen molar-refractivity contribution >= 4 is 22.8 Å². The monoisotopic (exact) mass is 372 g/mol. The van der Waals surface area contributed by atoms with Crippen LogP contribution in [0.1, 0.15) is 18.2 Å². The fourth-order valence-electron chi connectivity index (χ4n) is 3.59. The van der Waals surface area contributed by atoms with Gasteiger partial charge in [-0.2, -0.15) is 0 Å². The van der Waals surface area contributed by atoms with E-state index < -0.39 is 11.9 Å². The molecule has 0 fully saturated rings. The molecule has 0 atom stereocenters. The van der Waals surface area contributed by atoms with E-state index in [0.717, 1.165) is 34.3 Å². The Bertz CT molecular complexity index is 912. The average Bonchev–Trinajstić information content (AvgIpc) is 3.02. The summed E-state index contributed by atoms with van der Waals surface area (Å²) in [4.78, 5) is 30.4. The number of rotatable bonds is 4. The molecule has 144 valence electrons. The molecule has 0 saturated heterocycles. The van der Waals surface area contributed by atoms with Gasteiger partial charge in [0.1, 0.15) is 11.4 Å². The molecule has 27 heavy (non-hydrogen) atoms. The van der Waals surface area contributed by atoms with Crippen LogP contribution in [0.4, 0.5) is 0 Å². The topological polar surface area (TPSA) is 80.9 Å². The molecule has 2 heterocycles. The molecule has 7 heteroatoms. The van der Waals surface area contributed by atoms with Crippen LogP contribution in [0.5, 0.6) is 5.75 Å². The molecule has 2 aromatic rings. The van der Waals surface area contributed by atoms with Crippen LogP contribution in [0, 0.1) is 0 Å². The summed E-state index contributed by atoms with van der Waals surface area (Å²) in [6.45, 7) is 3.10. The van der Waals surface area contributed by atoms with Gasteiger partial charge in [-0.3, -0.25) is 0 Å². The number of benzene rings is 1. The molecule has 1 aliphatic heterocycles. The standard InChI is InChI=1S/C20H24N2O5/c1-5-22-9-8-17-14(13-10-12(25-2)6-7-16(13)21-17)11-15(19(23)26-3)18(22)20(24)27-4/h6-7,10,21H,5,8-9,11H2,1-4H3/b18-15+. The second kappa shape index (κ2) is 7.73. The molecular weight excluding hydrogens is 348 g/mol.